The summed E-state index contributed by atoms with van der Waals surface area (Å²) in [5.74, 6) is -0.127. The molecule has 1 aromatic carbocycles. The number of fused-ring (bicyclic) bond motifs is 1. The lowest BCUT2D eigenvalue weighted by Gasteiger charge is -2.15. The van der Waals surface area contributed by atoms with Gasteiger partial charge in [-0.15, -0.1) is 5.10 Å². The van der Waals surface area contributed by atoms with Crippen LogP contribution in [0.5, 0.6) is 0 Å². The van der Waals surface area contributed by atoms with Gasteiger partial charge in [-0.05, 0) is 25.0 Å². The maximum Gasteiger partial charge on any atom is 0.445 e. The third-order valence-electron chi connectivity index (χ3n) is 4.37. The standard InChI is InChI=1S/C19H18ClF3N4OS/c1-10(2)11(3)24-15(28)9-8-14-16(12-6-4-5-7-13(12)20)25-18-27(14)26-17(29-18)19(21,22)23/h4-11H,1-3H3,(H,24,28)/b9-8+. The zero-order chi connectivity index (χ0) is 21.3. The average Bonchev–Trinajstić information content (AvgIpc) is 3.18. The van der Waals surface area contributed by atoms with Crippen molar-refractivity contribution in [3.63, 3.8) is 0 Å². The predicted molar refractivity (Wildman–Crippen MR) is 108 cm³/mol. The van der Waals surface area contributed by atoms with E-state index < -0.39 is 11.2 Å². The number of rotatable bonds is 5. The number of alkyl halides is 3. The summed E-state index contributed by atoms with van der Waals surface area (Å²) in [7, 11) is 0. The number of hydrogen-bond acceptors (Lipinski definition) is 4. The fraction of sp³-hybridized carbons (Fsp3) is 0.316. The van der Waals surface area contributed by atoms with E-state index in [0.717, 1.165) is 4.52 Å². The fourth-order valence-corrected chi connectivity index (χ4v) is 3.47. The highest BCUT2D eigenvalue weighted by atomic mass is 35.5. The third-order valence-corrected chi connectivity index (χ3v) is 5.66. The molecule has 154 valence electrons. The lowest BCUT2D eigenvalue weighted by atomic mass is 10.1. The van der Waals surface area contributed by atoms with E-state index in [1.165, 1.54) is 12.2 Å². The van der Waals surface area contributed by atoms with E-state index in [-0.39, 0.29) is 28.5 Å². The van der Waals surface area contributed by atoms with Gasteiger partial charge in [0.25, 0.3) is 0 Å². The number of amides is 1. The summed E-state index contributed by atoms with van der Waals surface area (Å²) >= 11 is 6.67. The average molecular weight is 443 g/mol. The quantitative estimate of drug-likeness (QED) is 0.545. The molecule has 3 aromatic rings. The van der Waals surface area contributed by atoms with Crippen LogP contribution in [0.15, 0.2) is 30.3 Å². The third kappa shape index (κ3) is 4.62. The molecule has 0 saturated heterocycles. The molecule has 0 radical (unpaired) electrons. The minimum atomic E-state index is -4.58. The molecule has 0 aliphatic heterocycles. The summed E-state index contributed by atoms with van der Waals surface area (Å²) in [5.41, 5.74) is 1.13. The molecule has 0 aliphatic carbocycles. The van der Waals surface area contributed by atoms with E-state index in [1.807, 2.05) is 20.8 Å². The van der Waals surface area contributed by atoms with Crippen LogP contribution >= 0.6 is 22.9 Å². The van der Waals surface area contributed by atoms with Crippen LogP contribution in [0.3, 0.4) is 0 Å². The van der Waals surface area contributed by atoms with E-state index in [1.54, 1.807) is 24.3 Å². The highest BCUT2D eigenvalue weighted by molar-refractivity contribution is 7.16. The van der Waals surface area contributed by atoms with Crippen LogP contribution in [0.4, 0.5) is 13.2 Å². The Balaban J connectivity index is 2.07. The van der Waals surface area contributed by atoms with Gasteiger partial charge in [0.2, 0.25) is 15.9 Å². The van der Waals surface area contributed by atoms with Crippen molar-refractivity contribution < 1.29 is 18.0 Å². The molecule has 1 atom stereocenters. The first-order chi connectivity index (χ1) is 13.6. The Kier molecular flexibility index (Phi) is 6.00. The second kappa shape index (κ2) is 8.16. The lowest BCUT2D eigenvalue weighted by molar-refractivity contribution is -0.138. The van der Waals surface area contributed by atoms with Crippen molar-refractivity contribution in [2.24, 2.45) is 5.92 Å². The van der Waals surface area contributed by atoms with E-state index in [9.17, 15) is 18.0 Å². The molecule has 10 heteroatoms. The van der Waals surface area contributed by atoms with Gasteiger partial charge < -0.3 is 5.32 Å². The zero-order valence-corrected chi connectivity index (χ0v) is 17.4. The SMILES string of the molecule is CC(C)C(C)NC(=O)/C=C/c1c(-c2ccccc2Cl)nc2sc(C(F)(F)F)nn12. The summed E-state index contributed by atoms with van der Waals surface area (Å²) < 4.78 is 40.3. The van der Waals surface area contributed by atoms with Crippen molar-refractivity contribution in [2.45, 2.75) is 33.0 Å². The number of hydrogen-bond donors (Lipinski definition) is 1. The van der Waals surface area contributed by atoms with Crippen LogP contribution in [-0.2, 0) is 11.0 Å². The summed E-state index contributed by atoms with van der Waals surface area (Å²) in [6.45, 7) is 5.82. The highest BCUT2D eigenvalue weighted by Gasteiger charge is 2.36. The molecule has 0 bridgehead atoms. The van der Waals surface area contributed by atoms with E-state index in [0.29, 0.717) is 27.6 Å². The Labute approximate surface area is 174 Å². The van der Waals surface area contributed by atoms with Gasteiger partial charge in [-0.25, -0.2) is 9.50 Å². The maximum atomic E-state index is 13.1. The van der Waals surface area contributed by atoms with Crippen LogP contribution in [-0.4, -0.2) is 26.5 Å². The van der Waals surface area contributed by atoms with Gasteiger partial charge in [-0.2, -0.15) is 13.2 Å². The van der Waals surface area contributed by atoms with Crippen LogP contribution in [0, 0.1) is 5.92 Å². The topological polar surface area (TPSA) is 59.3 Å². The summed E-state index contributed by atoms with van der Waals surface area (Å²) in [4.78, 5) is 16.6. The molecule has 0 spiro atoms. The number of nitrogens with one attached hydrogen (secondary N) is 1. The highest BCUT2D eigenvalue weighted by Crippen LogP contribution is 2.36. The number of imidazole rings is 1. The van der Waals surface area contributed by atoms with Gasteiger partial charge >= 0.3 is 6.18 Å². The Hall–Kier alpha value is -2.39. The van der Waals surface area contributed by atoms with Crippen molar-refractivity contribution in [3.05, 3.63) is 46.1 Å². The molecule has 3 rings (SSSR count). The second-order valence-corrected chi connectivity index (χ2v) is 8.16. The van der Waals surface area contributed by atoms with Crippen molar-refractivity contribution in [1.82, 2.24) is 19.9 Å². The van der Waals surface area contributed by atoms with Crippen LogP contribution in [0.2, 0.25) is 5.02 Å². The molecule has 2 heterocycles. The van der Waals surface area contributed by atoms with Gasteiger partial charge in [0.15, 0.2) is 0 Å². The number of carbonyl (C=O) groups excluding carboxylic acids is 1. The van der Waals surface area contributed by atoms with Gasteiger partial charge in [0, 0.05) is 17.7 Å². The smallest absolute Gasteiger partial charge is 0.350 e. The fourth-order valence-electron chi connectivity index (χ4n) is 2.47. The van der Waals surface area contributed by atoms with Crippen molar-refractivity contribution in [3.8, 4) is 11.3 Å². The number of carbonyl (C=O) groups is 1. The van der Waals surface area contributed by atoms with Crippen molar-refractivity contribution in [1.29, 1.82) is 0 Å². The normalized spacial score (nSPS) is 13.5. The van der Waals surface area contributed by atoms with Gasteiger partial charge in [0.05, 0.1) is 10.7 Å². The predicted octanol–water partition coefficient (Wildman–Crippen LogP) is 5.30. The monoisotopic (exact) mass is 442 g/mol. The first-order valence-corrected chi connectivity index (χ1v) is 9.97. The summed E-state index contributed by atoms with van der Waals surface area (Å²) in [6.07, 6.45) is -1.92. The number of benzene rings is 1. The summed E-state index contributed by atoms with van der Waals surface area (Å²) in [5, 5.41) is 5.83. The van der Waals surface area contributed by atoms with Crippen molar-refractivity contribution in [2.75, 3.05) is 0 Å². The summed E-state index contributed by atoms with van der Waals surface area (Å²) in [6, 6.07) is 6.78. The number of aromatic nitrogens is 3. The van der Waals surface area contributed by atoms with E-state index in [4.69, 9.17) is 11.6 Å². The Morgan fingerprint density at radius 3 is 2.59 bits per heavy atom. The first-order valence-electron chi connectivity index (χ1n) is 8.78. The lowest BCUT2D eigenvalue weighted by Crippen LogP contribution is -2.34. The second-order valence-electron chi connectivity index (χ2n) is 6.80. The Morgan fingerprint density at radius 1 is 1.28 bits per heavy atom. The molecule has 29 heavy (non-hydrogen) atoms. The number of halogens is 4. The van der Waals surface area contributed by atoms with Crippen LogP contribution in [0.25, 0.3) is 22.3 Å². The van der Waals surface area contributed by atoms with E-state index >= 15 is 0 Å². The Morgan fingerprint density at radius 2 is 1.97 bits per heavy atom. The molecule has 0 fully saturated rings. The van der Waals surface area contributed by atoms with Gasteiger partial charge in [-0.1, -0.05) is 55.0 Å². The molecule has 0 saturated carbocycles. The van der Waals surface area contributed by atoms with Crippen molar-refractivity contribution >= 4 is 39.9 Å². The largest absolute Gasteiger partial charge is 0.445 e. The molecular formula is C19H18ClF3N4OS. The zero-order valence-electron chi connectivity index (χ0n) is 15.8. The molecule has 1 unspecified atom stereocenters. The molecule has 1 amide bonds. The van der Waals surface area contributed by atoms with Gasteiger partial charge in [-0.3, -0.25) is 4.79 Å². The first kappa shape index (κ1) is 21.3. The maximum absolute atomic E-state index is 13.1. The number of nitrogens with zero attached hydrogens (tertiary/aromatic N) is 3. The minimum absolute atomic E-state index is 0.0582. The minimum Gasteiger partial charge on any atom is -0.350 e. The molecule has 5 nitrogen and oxygen atoms in total. The Bertz CT molecular complexity index is 1070. The van der Waals surface area contributed by atoms with Gasteiger partial charge in [0.1, 0.15) is 5.69 Å². The molecule has 1 N–H and O–H groups in total. The molecule has 2 aromatic heterocycles. The molecule has 0 aliphatic rings. The molecular weight excluding hydrogens is 425 g/mol. The van der Waals surface area contributed by atoms with Crippen LogP contribution in [0.1, 0.15) is 31.5 Å². The van der Waals surface area contributed by atoms with Crippen LogP contribution < -0.4 is 5.32 Å². The van der Waals surface area contributed by atoms with E-state index in [2.05, 4.69) is 15.4 Å².